The van der Waals surface area contributed by atoms with E-state index in [-0.39, 0.29) is 24.1 Å². The molecule has 4 rings (SSSR count). The van der Waals surface area contributed by atoms with Crippen LogP contribution >= 0.6 is 35.5 Å². The first kappa shape index (κ1) is 17.0. The Labute approximate surface area is 151 Å². The van der Waals surface area contributed by atoms with Crippen molar-refractivity contribution in [3.8, 4) is 11.8 Å². The van der Waals surface area contributed by atoms with Crippen LogP contribution in [-0.2, 0) is 6.42 Å². The van der Waals surface area contributed by atoms with Gasteiger partial charge < -0.3 is 9.47 Å². The van der Waals surface area contributed by atoms with Crippen molar-refractivity contribution in [1.82, 2.24) is 8.75 Å². The third kappa shape index (κ3) is 3.64. The predicted octanol–water partition coefficient (Wildman–Crippen LogP) is 4.74. The first-order valence-corrected chi connectivity index (χ1v) is 9.54. The van der Waals surface area contributed by atoms with Crippen LogP contribution in [0.25, 0.3) is 0 Å². The van der Waals surface area contributed by atoms with Crippen molar-refractivity contribution in [2.24, 2.45) is 5.92 Å². The summed E-state index contributed by atoms with van der Waals surface area (Å²) in [6.45, 7) is 2.07. The zero-order valence-corrected chi connectivity index (χ0v) is 15.5. The van der Waals surface area contributed by atoms with Crippen LogP contribution in [0.4, 0.5) is 0 Å². The van der Waals surface area contributed by atoms with Gasteiger partial charge in [0.05, 0.1) is 11.7 Å². The summed E-state index contributed by atoms with van der Waals surface area (Å²) in [7, 11) is 0. The van der Waals surface area contributed by atoms with Crippen molar-refractivity contribution in [1.29, 1.82) is 0 Å². The zero-order chi connectivity index (χ0) is 15.0. The molecular formula is C16H21ClN2O2S2. The van der Waals surface area contributed by atoms with Gasteiger partial charge in [-0.15, -0.1) is 32.5 Å². The van der Waals surface area contributed by atoms with Crippen LogP contribution in [0.15, 0.2) is 17.5 Å². The smallest absolute Gasteiger partial charge is 0.291 e. The van der Waals surface area contributed by atoms with Gasteiger partial charge >= 0.3 is 0 Å². The van der Waals surface area contributed by atoms with Crippen LogP contribution in [0.1, 0.15) is 43.9 Å². The van der Waals surface area contributed by atoms with Gasteiger partial charge in [-0.2, -0.15) is 0 Å². The van der Waals surface area contributed by atoms with Gasteiger partial charge in [0, 0.05) is 11.3 Å². The molecule has 2 aliphatic carbocycles. The maximum Gasteiger partial charge on any atom is 0.291 e. The van der Waals surface area contributed by atoms with Gasteiger partial charge in [0.25, 0.3) is 11.8 Å². The number of nitrogens with zero attached hydrogens (tertiary/aromatic N) is 2. The van der Waals surface area contributed by atoms with Gasteiger partial charge in [-0.05, 0) is 56.4 Å². The number of rotatable bonds is 6. The van der Waals surface area contributed by atoms with E-state index in [1.807, 2.05) is 0 Å². The fourth-order valence-corrected chi connectivity index (χ4v) is 4.98. The molecule has 1 unspecified atom stereocenters. The SMILES string of the molecule is CC(Cc1cccs1)Oc1nsnc1O[C@]12CC[C@@H](CC1)C2.Cl. The van der Waals surface area contributed by atoms with Gasteiger partial charge in [0.1, 0.15) is 11.7 Å². The number of fused-ring (bicyclic) bond motifs is 2. The largest absolute Gasteiger partial charge is 0.470 e. The third-order valence-electron chi connectivity index (χ3n) is 4.80. The first-order valence-electron chi connectivity index (χ1n) is 7.93. The second kappa shape index (κ2) is 6.95. The van der Waals surface area contributed by atoms with Crippen molar-refractivity contribution in [3.05, 3.63) is 22.4 Å². The van der Waals surface area contributed by atoms with Crippen molar-refractivity contribution >= 4 is 35.5 Å². The molecule has 2 fully saturated rings. The molecule has 2 heterocycles. The monoisotopic (exact) mass is 372 g/mol. The Bertz CT molecular complexity index is 624. The van der Waals surface area contributed by atoms with Gasteiger partial charge in [-0.1, -0.05) is 6.07 Å². The van der Waals surface area contributed by atoms with Crippen molar-refractivity contribution < 1.29 is 9.47 Å². The van der Waals surface area contributed by atoms with E-state index in [1.54, 1.807) is 11.3 Å². The van der Waals surface area contributed by atoms with Crippen LogP contribution in [0, 0.1) is 5.92 Å². The molecule has 4 nitrogen and oxygen atoms in total. The van der Waals surface area contributed by atoms with E-state index >= 15 is 0 Å². The lowest BCUT2D eigenvalue weighted by Crippen LogP contribution is -2.30. The summed E-state index contributed by atoms with van der Waals surface area (Å²) < 4.78 is 20.9. The third-order valence-corrected chi connectivity index (χ3v) is 6.20. The quantitative estimate of drug-likeness (QED) is 0.734. The van der Waals surface area contributed by atoms with Gasteiger partial charge in [0.15, 0.2) is 0 Å². The molecule has 7 heteroatoms. The van der Waals surface area contributed by atoms with E-state index in [0.717, 1.165) is 25.2 Å². The molecule has 0 amide bonds. The van der Waals surface area contributed by atoms with Crippen LogP contribution in [0.5, 0.6) is 11.8 Å². The zero-order valence-electron chi connectivity index (χ0n) is 13.1. The van der Waals surface area contributed by atoms with E-state index in [1.165, 1.54) is 35.9 Å². The molecule has 0 spiro atoms. The van der Waals surface area contributed by atoms with Gasteiger partial charge in [-0.25, -0.2) is 0 Å². The van der Waals surface area contributed by atoms with E-state index in [2.05, 4.69) is 33.2 Å². The predicted molar refractivity (Wildman–Crippen MR) is 95.2 cm³/mol. The molecule has 2 saturated carbocycles. The average molecular weight is 373 g/mol. The minimum Gasteiger partial charge on any atom is -0.470 e. The van der Waals surface area contributed by atoms with Crippen molar-refractivity contribution in [3.63, 3.8) is 0 Å². The summed E-state index contributed by atoms with van der Waals surface area (Å²) in [4.78, 5) is 1.33. The van der Waals surface area contributed by atoms with Gasteiger partial charge in [-0.3, -0.25) is 0 Å². The van der Waals surface area contributed by atoms with Crippen LogP contribution in [0.3, 0.4) is 0 Å². The van der Waals surface area contributed by atoms with E-state index < -0.39 is 0 Å². The Hall–Kier alpha value is -0.850. The van der Waals surface area contributed by atoms with E-state index in [9.17, 15) is 0 Å². The molecule has 0 radical (unpaired) electrons. The average Bonchev–Trinajstić information content (AvgIpc) is 3.25. The normalized spacial score (nSPS) is 26.7. The Morgan fingerprint density at radius 3 is 2.74 bits per heavy atom. The topological polar surface area (TPSA) is 44.2 Å². The summed E-state index contributed by atoms with van der Waals surface area (Å²) in [6, 6.07) is 4.21. The molecule has 0 aliphatic heterocycles. The van der Waals surface area contributed by atoms with Crippen molar-refractivity contribution in [2.75, 3.05) is 0 Å². The highest BCUT2D eigenvalue weighted by atomic mass is 35.5. The molecule has 2 aliphatic rings. The standard InChI is InChI=1S/C16H20N2O2S2.ClH/c1-11(9-13-3-2-8-21-13)19-14-15(18-22-17-14)20-16-6-4-12(10-16)5-7-16;/h2-3,8,11-12H,4-7,9-10H2,1H3;1H/t11?,12-,16+;. The number of ether oxygens (including phenoxy) is 2. The first-order chi connectivity index (χ1) is 10.7. The highest BCUT2D eigenvalue weighted by Gasteiger charge is 2.47. The lowest BCUT2D eigenvalue weighted by molar-refractivity contribution is 0.0678. The maximum atomic E-state index is 6.28. The molecular weight excluding hydrogens is 352 g/mol. The fourth-order valence-electron chi connectivity index (χ4n) is 3.74. The highest BCUT2D eigenvalue weighted by Crippen LogP contribution is 2.50. The summed E-state index contributed by atoms with van der Waals surface area (Å²) in [5.74, 6) is 2.03. The Morgan fingerprint density at radius 1 is 1.30 bits per heavy atom. The molecule has 2 bridgehead atoms. The van der Waals surface area contributed by atoms with Gasteiger partial charge in [0.2, 0.25) is 0 Å². The molecule has 2 aromatic heterocycles. The molecule has 2 aromatic rings. The second-order valence-corrected chi connectivity index (χ2v) is 8.08. The molecule has 1 atom stereocenters. The summed E-state index contributed by atoms with van der Waals surface area (Å²) in [5, 5.41) is 2.09. The van der Waals surface area contributed by atoms with Crippen LogP contribution in [-0.4, -0.2) is 20.5 Å². The number of thiophene rings is 1. The minimum atomic E-state index is 0. The molecule has 0 N–H and O–H groups in total. The lowest BCUT2D eigenvalue weighted by Gasteiger charge is -2.27. The number of hydrogen-bond acceptors (Lipinski definition) is 6. The molecule has 0 saturated heterocycles. The van der Waals surface area contributed by atoms with Crippen LogP contribution in [0.2, 0.25) is 0 Å². The van der Waals surface area contributed by atoms with E-state index in [0.29, 0.717) is 11.8 Å². The summed E-state index contributed by atoms with van der Waals surface area (Å²) >= 11 is 2.93. The molecule has 0 aromatic carbocycles. The summed E-state index contributed by atoms with van der Waals surface area (Å²) in [5.41, 5.74) is 0.00944. The highest BCUT2D eigenvalue weighted by molar-refractivity contribution is 7.09. The van der Waals surface area contributed by atoms with Crippen LogP contribution < -0.4 is 9.47 Å². The Balaban J connectivity index is 0.00000156. The molecule has 126 valence electrons. The molecule has 23 heavy (non-hydrogen) atoms. The number of hydrogen-bond donors (Lipinski definition) is 0. The fraction of sp³-hybridized carbons (Fsp3) is 0.625. The lowest BCUT2D eigenvalue weighted by atomic mass is 9.97. The maximum absolute atomic E-state index is 6.28. The number of aromatic nitrogens is 2. The van der Waals surface area contributed by atoms with Crippen molar-refractivity contribution in [2.45, 2.75) is 57.2 Å². The number of halogens is 1. The Kier molecular flexibility index (Phi) is 5.13. The van der Waals surface area contributed by atoms with E-state index in [4.69, 9.17) is 9.47 Å². The Morgan fingerprint density at radius 2 is 2.09 bits per heavy atom. The summed E-state index contributed by atoms with van der Waals surface area (Å²) in [6.07, 6.45) is 7.03. The second-order valence-electron chi connectivity index (χ2n) is 6.52. The minimum absolute atomic E-state index is 0.